The van der Waals surface area contributed by atoms with Crippen LogP contribution in [0, 0.1) is 0 Å². The Bertz CT molecular complexity index is 356. The van der Waals surface area contributed by atoms with Crippen LogP contribution < -0.4 is 16.4 Å². The first-order valence-corrected chi connectivity index (χ1v) is 6.15. The summed E-state index contributed by atoms with van der Waals surface area (Å²) >= 11 is 0. The fourth-order valence-corrected chi connectivity index (χ4v) is 1.56. The second kappa shape index (κ2) is 5.91. The Hall–Kier alpha value is -1.49. The van der Waals surface area contributed by atoms with Gasteiger partial charge in [0.05, 0.1) is 12.1 Å². The molecule has 1 amide bonds. The third-order valence-electron chi connectivity index (χ3n) is 2.48. The summed E-state index contributed by atoms with van der Waals surface area (Å²) < 4.78 is 5.19. The van der Waals surface area contributed by atoms with Crippen molar-refractivity contribution in [2.45, 2.75) is 45.4 Å². The van der Waals surface area contributed by atoms with Gasteiger partial charge in [0.25, 0.3) is 0 Å². The predicted octanol–water partition coefficient (Wildman–Crippen LogP) is 1.27. The van der Waals surface area contributed by atoms with Gasteiger partial charge in [0.15, 0.2) is 0 Å². The Morgan fingerprint density at radius 3 is 2.72 bits per heavy atom. The molecule has 0 saturated heterocycles. The van der Waals surface area contributed by atoms with E-state index in [0.29, 0.717) is 0 Å². The molecule has 0 aromatic rings. The van der Waals surface area contributed by atoms with Crippen LogP contribution in [0.4, 0.5) is 4.79 Å². The van der Waals surface area contributed by atoms with Crippen LogP contribution >= 0.6 is 0 Å². The third kappa shape index (κ3) is 4.79. The highest BCUT2D eigenvalue weighted by atomic mass is 16.6. The monoisotopic (exact) mass is 253 g/mol. The molecule has 5 heteroatoms. The van der Waals surface area contributed by atoms with Gasteiger partial charge in [-0.1, -0.05) is 12.2 Å². The van der Waals surface area contributed by atoms with E-state index in [2.05, 4.69) is 10.6 Å². The van der Waals surface area contributed by atoms with E-state index in [4.69, 9.17) is 10.5 Å². The maximum absolute atomic E-state index is 11.6. The standard InChI is InChI=1S/C13H23N3O2/c1-9(16-12(17)18-13(2,3)4)11(14)10-7-5-6-8-15-10/h5-7,9,11,15H,8,14H2,1-4H3,(H,16,17)/t9-,11-/m0/s1. The molecule has 0 aromatic heterocycles. The Morgan fingerprint density at radius 2 is 2.22 bits per heavy atom. The molecule has 1 aliphatic heterocycles. The second-order valence-corrected chi connectivity index (χ2v) is 5.39. The van der Waals surface area contributed by atoms with Crippen molar-refractivity contribution in [2.24, 2.45) is 5.73 Å². The lowest BCUT2D eigenvalue weighted by atomic mass is 10.1. The van der Waals surface area contributed by atoms with E-state index in [-0.39, 0.29) is 12.1 Å². The predicted molar refractivity (Wildman–Crippen MR) is 72.0 cm³/mol. The zero-order chi connectivity index (χ0) is 13.8. The second-order valence-electron chi connectivity index (χ2n) is 5.39. The molecule has 0 spiro atoms. The average molecular weight is 253 g/mol. The molecule has 1 aliphatic rings. The highest BCUT2D eigenvalue weighted by molar-refractivity contribution is 5.68. The Morgan fingerprint density at radius 1 is 1.56 bits per heavy atom. The van der Waals surface area contributed by atoms with Crippen LogP contribution in [0.25, 0.3) is 0 Å². The maximum atomic E-state index is 11.6. The minimum atomic E-state index is -0.501. The molecular formula is C13H23N3O2. The molecule has 0 aromatic carbocycles. The molecule has 102 valence electrons. The topological polar surface area (TPSA) is 76.4 Å². The van der Waals surface area contributed by atoms with Gasteiger partial charge in [-0.3, -0.25) is 0 Å². The number of ether oxygens (including phenoxy) is 1. The quantitative estimate of drug-likeness (QED) is 0.708. The highest BCUT2D eigenvalue weighted by Crippen LogP contribution is 2.09. The van der Waals surface area contributed by atoms with Crippen LogP contribution in [-0.4, -0.2) is 30.3 Å². The molecule has 18 heavy (non-hydrogen) atoms. The van der Waals surface area contributed by atoms with Gasteiger partial charge < -0.3 is 21.1 Å². The highest BCUT2D eigenvalue weighted by Gasteiger charge is 2.22. The fourth-order valence-electron chi connectivity index (χ4n) is 1.56. The Balaban J connectivity index is 2.49. The van der Waals surface area contributed by atoms with Crippen molar-refractivity contribution in [3.63, 3.8) is 0 Å². The maximum Gasteiger partial charge on any atom is 0.407 e. The molecule has 0 aliphatic carbocycles. The number of nitrogens with two attached hydrogens (primary N) is 1. The number of carbonyl (C=O) groups is 1. The molecule has 0 radical (unpaired) electrons. The summed E-state index contributed by atoms with van der Waals surface area (Å²) in [4.78, 5) is 11.6. The number of carbonyl (C=O) groups excluding carboxylic acids is 1. The third-order valence-corrected chi connectivity index (χ3v) is 2.48. The lowest BCUT2D eigenvalue weighted by Gasteiger charge is -2.27. The summed E-state index contributed by atoms with van der Waals surface area (Å²) in [6, 6.07) is -0.479. The molecule has 0 saturated carbocycles. The number of alkyl carbamates (subject to hydrolysis) is 1. The van der Waals surface area contributed by atoms with Crippen molar-refractivity contribution < 1.29 is 9.53 Å². The molecule has 2 atom stereocenters. The summed E-state index contributed by atoms with van der Waals surface area (Å²) in [5, 5.41) is 5.92. The first-order chi connectivity index (χ1) is 8.29. The summed E-state index contributed by atoms with van der Waals surface area (Å²) in [5.74, 6) is 0. The smallest absolute Gasteiger partial charge is 0.407 e. The van der Waals surface area contributed by atoms with Gasteiger partial charge >= 0.3 is 6.09 Å². The van der Waals surface area contributed by atoms with E-state index in [1.807, 2.05) is 45.9 Å². The minimum Gasteiger partial charge on any atom is -0.444 e. The van der Waals surface area contributed by atoms with Crippen LogP contribution in [0.5, 0.6) is 0 Å². The van der Waals surface area contributed by atoms with Gasteiger partial charge in [-0.2, -0.15) is 0 Å². The molecule has 0 unspecified atom stereocenters. The molecular weight excluding hydrogens is 230 g/mol. The zero-order valence-electron chi connectivity index (χ0n) is 11.5. The minimum absolute atomic E-state index is 0.204. The van der Waals surface area contributed by atoms with E-state index in [1.54, 1.807) is 0 Å². The van der Waals surface area contributed by atoms with Gasteiger partial charge in [-0.25, -0.2) is 4.79 Å². The van der Waals surface area contributed by atoms with Gasteiger partial charge in [-0.15, -0.1) is 0 Å². The summed E-state index contributed by atoms with van der Waals surface area (Å²) in [5.41, 5.74) is 6.49. The lowest BCUT2D eigenvalue weighted by molar-refractivity contribution is 0.0504. The van der Waals surface area contributed by atoms with Crippen LogP contribution in [0.1, 0.15) is 27.7 Å². The lowest BCUT2D eigenvalue weighted by Crippen LogP contribution is -2.50. The first kappa shape index (κ1) is 14.6. The van der Waals surface area contributed by atoms with Crippen molar-refractivity contribution in [2.75, 3.05) is 6.54 Å². The summed E-state index contributed by atoms with van der Waals surface area (Å²) in [6.45, 7) is 8.10. The Kier molecular flexibility index (Phi) is 4.78. The van der Waals surface area contributed by atoms with Gasteiger partial charge in [-0.05, 0) is 33.8 Å². The van der Waals surface area contributed by atoms with Crippen molar-refractivity contribution in [1.29, 1.82) is 0 Å². The van der Waals surface area contributed by atoms with E-state index < -0.39 is 11.7 Å². The molecule has 5 nitrogen and oxygen atoms in total. The van der Waals surface area contributed by atoms with Crippen LogP contribution in [0.2, 0.25) is 0 Å². The van der Waals surface area contributed by atoms with Crippen LogP contribution in [-0.2, 0) is 4.74 Å². The van der Waals surface area contributed by atoms with Crippen molar-refractivity contribution in [1.82, 2.24) is 10.6 Å². The number of dihydropyridines is 1. The molecule has 0 bridgehead atoms. The van der Waals surface area contributed by atoms with E-state index in [1.165, 1.54) is 0 Å². The summed E-state index contributed by atoms with van der Waals surface area (Å²) in [6.07, 6.45) is 5.42. The normalized spacial score (nSPS) is 18.4. The van der Waals surface area contributed by atoms with Crippen LogP contribution in [0.3, 0.4) is 0 Å². The van der Waals surface area contributed by atoms with E-state index in [9.17, 15) is 4.79 Å². The first-order valence-electron chi connectivity index (χ1n) is 6.15. The number of allylic oxidation sites excluding steroid dienone is 2. The zero-order valence-corrected chi connectivity index (χ0v) is 11.5. The molecule has 1 rings (SSSR count). The van der Waals surface area contributed by atoms with Crippen molar-refractivity contribution >= 4 is 6.09 Å². The van der Waals surface area contributed by atoms with Gasteiger partial charge in [0, 0.05) is 12.2 Å². The molecule has 1 heterocycles. The van der Waals surface area contributed by atoms with Gasteiger partial charge in [0.1, 0.15) is 5.60 Å². The summed E-state index contributed by atoms with van der Waals surface area (Å²) in [7, 11) is 0. The number of rotatable bonds is 3. The van der Waals surface area contributed by atoms with Gasteiger partial charge in [0.2, 0.25) is 0 Å². The van der Waals surface area contributed by atoms with Crippen molar-refractivity contribution in [3.05, 3.63) is 23.9 Å². The number of hydrogen-bond donors (Lipinski definition) is 3. The number of amides is 1. The average Bonchev–Trinajstić information content (AvgIpc) is 2.26. The van der Waals surface area contributed by atoms with Crippen molar-refractivity contribution in [3.8, 4) is 0 Å². The fraction of sp³-hybridized carbons (Fsp3) is 0.615. The largest absolute Gasteiger partial charge is 0.444 e. The molecule has 0 fully saturated rings. The molecule has 4 N–H and O–H groups in total. The van der Waals surface area contributed by atoms with E-state index in [0.717, 1.165) is 12.2 Å². The number of hydrogen-bond acceptors (Lipinski definition) is 4. The van der Waals surface area contributed by atoms with E-state index >= 15 is 0 Å². The van der Waals surface area contributed by atoms with Crippen LogP contribution in [0.15, 0.2) is 23.9 Å². The SMILES string of the molecule is C[C@H](NC(=O)OC(C)(C)C)[C@H](N)C1=CC=CCN1. The Labute approximate surface area is 108 Å². The number of nitrogens with one attached hydrogen (secondary N) is 2.